The molecule has 1 aliphatic rings. The summed E-state index contributed by atoms with van der Waals surface area (Å²) >= 11 is 0. The number of fused-ring (bicyclic) bond motifs is 1. The van der Waals surface area contributed by atoms with Crippen molar-refractivity contribution in [3.05, 3.63) is 90.0 Å². The Balaban J connectivity index is 1.40. The average Bonchev–Trinajstić information content (AvgIpc) is 3.39. The highest BCUT2D eigenvalue weighted by atomic mass is 16.5. The van der Waals surface area contributed by atoms with Crippen molar-refractivity contribution >= 4 is 10.8 Å². The Morgan fingerprint density at radius 1 is 0.882 bits per heavy atom. The van der Waals surface area contributed by atoms with E-state index >= 15 is 0 Å². The monoisotopic (exact) mass is 453 g/mol. The summed E-state index contributed by atoms with van der Waals surface area (Å²) in [6, 6.07) is 26.8. The minimum Gasteiger partial charge on any atom is -0.504 e. The molecule has 0 aliphatic carbocycles. The number of aromatic hydroxyl groups is 1. The Labute approximate surface area is 201 Å². The lowest BCUT2D eigenvalue weighted by Gasteiger charge is -2.16. The van der Waals surface area contributed by atoms with Crippen LogP contribution < -0.4 is 9.47 Å². The van der Waals surface area contributed by atoms with Gasteiger partial charge < -0.3 is 14.6 Å². The Morgan fingerprint density at radius 2 is 1.68 bits per heavy atom. The summed E-state index contributed by atoms with van der Waals surface area (Å²) in [6.07, 6.45) is 3.40. The van der Waals surface area contributed by atoms with Crippen molar-refractivity contribution in [2.24, 2.45) is 0 Å². The van der Waals surface area contributed by atoms with Gasteiger partial charge in [-0.1, -0.05) is 54.6 Å². The lowest BCUT2D eigenvalue weighted by Crippen LogP contribution is -2.25. The SMILES string of the molecule is COc1ccc(-c2ccc3ccccc3c2Cc2ccc(OCCN3CCCC3)cc2)cc1O. The lowest BCUT2D eigenvalue weighted by atomic mass is 9.90. The third kappa shape index (κ3) is 4.87. The smallest absolute Gasteiger partial charge is 0.160 e. The molecule has 0 amide bonds. The van der Waals surface area contributed by atoms with Crippen molar-refractivity contribution in [1.82, 2.24) is 4.90 Å². The molecule has 0 radical (unpaired) electrons. The van der Waals surface area contributed by atoms with Gasteiger partial charge in [-0.2, -0.15) is 0 Å². The summed E-state index contributed by atoms with van der Waals surface area (Å²) in [4.78, 5) is 2.47. The van der Waals surface area contributed by atoms with Crippen LogP contribution in [0.4, 0.5) is 0 Å². The second-order valence-electron chi connectivity index (χ2n) is 8.92. The first-order valence-corrected chi connectivity index (χ1v) is 12.0. The maximum Gasteiger partial charge on any atom is 0.160 e. The van der Waals surface area contributed by atoms with Crippen LogP contribution in [0.2, 0.25) is 0 Å². The molecule has 0 aromatic heterocycles. The predicted molar refractivity (Wildman–Crippen MR) is 138 cm³/mol. The molecule has 4 aromatic rings. The molecule has 0 bridgehead atoms. The van der Waals surface area contributed by atoms with Crippen molar-refractivity contribution in [1.29, 1.82) is 0 Å². The van der Waals surface area contributed by atoms with Gasteiger partial charge in [-0.05, 0) is 89.6 Å². The molecular formula is C30H31NO3. The molecule has 1 N–H and O–H groups in total. The van der Waals surface area contributed by atoms with E-state index in [1.54, 1.807) is 13.2 Å². The summed E-state index contributed by atoms with van der Waals surface area (Å²) in [5.41, 5.74) is 4.55. The van der Waals surface area contributed by atoms with Crippen LogP contribution in [0.15, 0.2) is 78.9 Å². The molecule has 0 atom stereocenters. The van der Waals surface area contributed by atoms with Gasteiger partial charge in [-0.25, -0.2) is 0 Å². The maximum atomic E-state index is 10.4. The lowest BCUT2D eigenvalue weighted by molar-refractivity contribution is 0.238. The van der Waals surface area contributed by atoms with Crippen LogP contribution in [-0.4, -0.2) is 43.4 Å². The Kier molecular flexibility index (Phi) is 6.68. The molecule has 0 spiro atoms. The van der Waals surface area contributed by atoms with E-state index < -0.39 is 0 Å². The van der Waals surface area contributed by atoms with Gasteiger partial charge >= 0.3 is 0 Å². The molecule has 34 heavy (non-hydrogen) atoms. The molecular weight excluding hydrogens is 422 g/mol. The van der Waals surface area contributed by atoms with Crippen molar-refractivity contribution in [3.8, 4) is 28.4 Å². The molecule has 0 unspecified atom stereocenters. The average molecular weight is 454 g/mol. The van der Waals surface area contributed by atoms with Crippen LogP contribution >= 0.6 is 0 Å². The quantitative estimate of drug-likeness (QED) is 0.341. The molecule has 5 rings (SSSR count). The minimum atomic E-state index is 0.148. The molecule has 174 valence electrons. The van der Waals surface area contributed by atoms with Crippen molar-refractivity contribution in [3.63, 3.8) is 0 Å². The number of benzene rings is 4. The molecule has 1 fully saturated rings. The Morgan fingerprint density at radius 3 is 2.44 bits per heavy atom. The fourth-order valence-electron chi connectivity index (χ4n) is 4.86. The van der Waals surface area contributed by atoms with Crippen molar-refractivity contribution < 1.29 is 14.6 Å². The number of nitrogens with zero attached hydrogens (tertiary/aromatic N) is 1. The van der Waals surface area contributed by atoms with Gasteiger partial charge in [-0.3, -0.25) is 4.90 Å². The van der Waals surface area contributed by atoms with Crippen LogP contribution in [-0.2, 0) is 6.42 Å². The summed E-state index contributed by atoms with van der Waals surface area (Å²) in [7, 11) is 1.57. The van der Waals surface area contributed by atoms with Gasteiger partial charge in [0.1, 0.15) is 12.4 Å². The molecule has 4 nitrogen and oxygen atoms in total. The molecule has 4 heteroatoms. The third-order valence-electron chi connectivity index (χ3n) is 6.71. The van der Waals surface area contributed by atoms with Crippen LogP contribution in [0.5, 0.6) is 17.2 Å². The topological polar surface area (TPSA) is 41.9 Å². The van der Waals surface area contributed by atoms with E-state index in [-0.39, 0.29) is 5.75 Å². The van der Waals surface area contributed by atoms with Crippen molar-refractivity contribution in [2.75, 3.05) is 33.4 Å². The maximum absolute atomic E-state index is 10.4. The normalized spacial score (nSPS) is 13.9. The zero-order valence-electron chi connectivity index (χ0n) is 19.7. The van der Waals surface area contributed by atoms with Gasteiger partial charge in [0.25, 0.3) is 0 Å². The first-order chi connectivity index (χ1) is 16.7. The van der Waals surface area contributed by atoms with Crippen LogP contribution in [0.3, 0.4) is 0 Å². The number of methoxy groups -OCH3 is 1. The molecule has 4 aromatic carbocycles. The second kappa shape index (κ2) is 10.2. The summed E-state index contributed by atoms with van der Waals surface area (Å²) in [5, 5.41) is 12.8. The Hall–Kier alpha value is -3.50. The van der Waals surface area contributed by atoms with Crippen LogP contribution in [0.1, 0.15) is 24.0 Å². The number of phenolic OH excluding ortho intramolecular Hbond substituents is 1. The van der Waals surface area contributed by atoms with Crippen LogP contribution in [0.25, 0.3) is 21.9 Å². The second-order valence-corrected chi connectivity index (χ2v) is 8.92. The van der Waals surface area contributed by atoms with E-state index in [1.807, 2.05) is 12.1 Å². The third-order valence-corrected chi connectivity index (χ3v) is 6.71. The van der Waals surface area contributed by atoms with E-state index in [2.05, 4.69) is 65.6 Å². The number of phenols is 1. The van der Waals surface area contributed by atoms with E-state index in [4.69, 9.17) is 9.47 Å². The van der Waals surface area contributed by atoms with E-state index in [1.165, 1.54) is 47.8 Å². The highest BCUT2D eigenvalue weighted by Gasteiger charge is 2.13. The molecule has 1 saturated heterocycles. The first-order valence-electron chi connectivity index (χ1n) is 12.0. The summed E-state index contributed by atoms with van der Waals surface area (Å²) in [5.74, 6) is 1.54. The number of hydrogen-bond donors (Lipinski definition) is 1. The number of ether oxygens (including phenoxy) is 2. The van der Waals surface area contributed by atoms with Gasteiger partial charge in [-0.15, -0.1) is 0 Å². The highest BCUT2D eigenvalue weighted by Crippen LogP contribution is 2.36. The molecule has 1 aliphatic heterocycles. The highest BCUT2D eigenvalue weighted by molar-refractivity contribution is 5.92. The van der Waals surface area contributed by atoms with Crippen LogP contribution in [0, 0.1) is 0 Å². The Bertz CT molecular complexity index is 1260. The van der Waals surface area contributed by atoms with Gasteiger partial charge in [0.2, 0.25) is 0 Å². The predicted octanol–water partition coefficient (Wildman–Crippen LogP) is 6.29. The largest absolute Gasteiger partial charge is 0.504 e. The van der Waals surface area contributed by atoms with E-state index in [0.29, 0.717) is 5.75 Å². The fraction of sp³-hybridized carbons (Fsp3) is 0.267. The van der Waals surface area contributed by atoms with Crippen molar-refractivity contribution in [2.45, 2.75) is 19.3 Å². The number of rotatable bonds is 8. The first kappa shape index (κ1) is 22.3. The fourth-order valence-corrected chi connectivity index (χ4v) is 4.86. The molecule has 1 heterocycles. The number of hydrogen-bond acceptors (Lipinski definition) is 4. The number of likely N-dealkylation sites (tertiary alicyclic amines) is 1. The zero-order valence-corrected chi connectivity index (χ0v) is 19.7. The van der Waals surface area contributed by atoms with Gasteiger partial charge in [0.05, 0.1) is 7.11 Å². The summed E-state index contributed by atoms with van der Waals surface area (Å²) < 4.78 is 11.2. The standard InChI is InChI=1S/C30H31NO3/c1-33-30-15-11-24(21-29(30)32)27-14-10-23-6-2-3-7-26(23)28(27)20-22-8-12-25(13-9-22)34-19-18-31-16-4-5-17-31/h2-3,6-15,21,32H,4-5,16-20H2,1H3. The zero-order chi connectivity index (χ0) is 23.3. The van der Waals surface area contributed by atoms with Gasteiger partial charge in [0, 0.05) is 6.54 Å². The molecule has 0 saturated carbocycles. The minimum absolute atomic E-state index is 0.148. The van der Waals surface area contributed by atoms with E-state index in [0.717, 1.165) is 36.4 Å². The summed E-state index contributed by atoms with van der Waals surface area (Å²) in [6.45, 7) is 4.12. The van der Waals surface area contributed by atoms with Gasteiger partial charge in [0.15, 0.2) is 11.5 Å². The van der Waals surface area contributed by atoms with E-state index in [9.17, 15) is 5.11 Å².